The standard InChI is InChI=1S/C39H81NO.CH4O4S/c1-3-5-7-9-11-13-15-17-19-21-23-25-27-29-31-33-36-40(38-35-39-41)37-34-32-30-28-26-24-22-20-18-16-14-12-10-8-6-4-2;1-5-6(2,3)4/h41H,3-39H2,1-2H3;1H3,(H,2,3,4). The van der Waals surface area contributed by atoms with Crippen LogP contribution in [-0.2, 0) is 14.6 Å². The molecule has 0 spiro atoms. The van der Waals surface area contributed by atoms with E-state index in [1.54, 1.807) is 4.90 Å². The van der Waals surface area contributed by atoms with Gasteiger partial charge in [-0.1, -0.05) is 194 Å². The van der Waals surface area contributed by atoms with Gasteiger partial charge >= 0.3 is 0 Å². The SMILES string of the molecule is CCCCCCCCCCCCCCCCCC[NH+](CCCO)CCCCCCCCCCCCCCCCCC.COS(=O)(=O)[O-]. The smallest absolute Gasteiger partial charge is 0.217 e. The van der Waals surface area contributed by atoms with Gasteiger partial charge in [0.1, 0.15) is 0 Å². The summed E-state index contributed by atoms with van der Waals surface area (Å²) in [6.07, 6.45) is 47.3. The van der Waals surface area contributed by atoms with Crippen LogP contribution in [0, 0.1) is 0 Å². The highest BCUT2D eigenvalue weighted by Gasteiger charge is 2.08. The summed E-state index contributed by atoms with van der Waals surface area (Å²) >= 11 is 0. The first-order valence-corrected chi connectivity index (χ1v) is 22.2. The van der Waals surface area contributed by atoms with Gasteiger partial charge in [-0.25, -0.2) is 8.42 Å². The Morgan fingerprint density at radius 3 is 0.809 bits per heavy atom. The summed E-state index contributed by atoms with van der Waals surface area (Å²) in [4.78, 5) is 1.76. The maximum absolute atomic E-state index is 9.33. The number of hydrogen-bond donors (Lipinski definition) is 2. The summed E-state index contributed by atoms with van der Waals surface area (Å²) in [5.41, 5.74) is 0. The van der Waals surface area contributed by atoms with Crippen molar-refractivity contribution < 1.29 is 27.2 Å². The number of rotatable bonds is 38. The summed E-state index contributed by atoms with van der Waals surface area (Å²) in [7, 11) is -3.60. The molecule has 0 rings (SSSR count). The summed E-state index contributed by atoms with van der Waals surface area (Å²) in [6, 6.07) is 0. The highest BCUT2D eigenvalue weighted by atomic mass is 32.3. The largest absolute Gasteiger partial charge is 0.726 e. The molecule has 0 aromatic heterocycles. The lowest BCUT2D eigenvalue weighted by atomic mass is 10.0. The number of hydrogen-bond acceptors (Lipinski definition) is 5. The first-order chi connectivity index (χ1) is 22.9. The van der Waals surface area contributed by atoms with E-state index in [2.05, 4.69) is 18.0 Å². The number of nitrogens with one attached hydrogen (secondary N) is 1. The van der Waals surface area contributed by atoms with Gasteiger partial charge in [0.25, 0.3) is 0 Å². The molecule has 286 valence electrons. The second-order valence-corrected chi connectivity index (χ2v) is 15.4. The Morgan fingerprint density at radius 2 is 0.617 bits per heavy atom. The van der Waals surface area contributed by atoms with E-state index >= 15 is 0 Å². The molecule has 0 aliphatic carbocycles. The van der Waals surface area contributed by atoms with Crippen LogP contribution < -0.4 is 4.90 Å². The second-order valence-electron chi connectivity index (χ2n) is 14.3. The lowest BCUT2D eigenvalue weighted by Gasteiger charge is -2.19. The predicted molar refractivity (Wildman–Crippen MR) is 203 cm³/mol. The molecule has 2 N–H and O–H groups in total. The quantitative estimate of drug-likeness (QED) is 0.0382. The maximum atomic E-state index is 9.33. The van der Waals surface area contributed by atoms with Crippen molar-refractivity contribution in [3.05, 3.63) is 0 Å². The number of unbranched alkanes of at least 4 members (excludes halogenated alkanes) is 30. The Bertz CT molecular complexity index is 625. The minimum absolute atomic E-state index is 0.363. The molecule has 0 heterocycles. The normalized spacial score (nSPS) is 11.7. The zero-order chi connectivity index (χ0) is 34.9. The molecule has 0 aromatic rings. The van der Waals surface area contributed by atoms with Crippen LogP contribution in [0.25, 0.3) is 0 Å². The Hall–Kier alpha value is -0.210. The van der Waals surface area contributed by atoms with Crippen molar-refractivity contribution in [1.82, 2.24) is 0 Å². The van der Waals surface area contributed by atoms with Crippen LogP contribution in [0.15, 0.2) is 0 Å². The van der Waals surface area contributed by atoms with Gasteiger partial charge in [0, 0.05) is 13.0 Å². The van der Waals surface area contributed by atoms with Gasteiger partial charge in [-0.05, 0) is 25.7 Å². The molecule has 0 saturated heterocycles. The topological polar surface area (TPSA) is 91.1 Å². The van der Waals surface area contributed by atoms with E-state index in [0.29, 0.717) is 6.61 Å². The van der Waals surface area contributed by atoms with E-state index < -0.39 is 10.4 Å². The van der Waals surface area contributed by atoms with Crippen LogP contribution in [0.4, 0.5) is 0 Å². The molecule has 0 atom stereocenters. The Kier molecular flexibility index (Phi) is 43.7. The van der Waals surface area contributed by atoms with Gasteiger partial charge < -0.3 is 14.6 Å². The minimum atomic E-state index is -4.41. The lowest BCUT2D eigenvalue weighted by molar-refractivity contribution is -0.900. The van der Waals surface area contributed by atoms with Crippen molar-refractivity contribution in [3.8, 4) is 0 Å². The third-order valence-electron chi connectivity index (χ3n) is 9.66. The molecule has 0 fully saturated rings. The van der Waals surface area contributed by atoms with Crippen molar-refractivity contribution >= 4 is 10.4 Å². The Balaban J connectivity index is 0. The lowest BCUT2D eigenvalue weighted by Crippen LogP contribution is -3.12. The molecule has 47 heavy (non-hydrogen) atoms. The first kappa shape index (κ1) is 48.9. The van der Waals surface area contributed by atoms with Crippen LogP contribution in [-0.4, -0.2) is 51.4 Å². The first-order valence-electron chi connectivity index (χ1n) is 20.9. The van der Waals surface area contributed by atoms with Gasteiger partial charge in [-0.2, -0.15) is 0 Å². The molecule has 0 radical (unpaired) electrons. The fourth-order valence-electron chi connectivity index (χ4n) is 6.55. The monoisotopic (exact) mass is 692 g/mol. The molecule has 7 heteroatoms. The van der Waals surface area contributed by atoms with E-state index in [1.165, 1.54) is 225 Å². The van der Waals surface area contributed by atoms with E-state index in [-0.39, 0.29) is 0 Å². The second kappa shape index (κ2) is 42.0. The van der Waals surface area contributed by atoms with Crippen LogP contribution in [0.3, 0.4) is 0 Å². The summed E-state index contributed by atoms with van der Waals surface area (Å²) < 4.78 is 31.0. The number of quaternary nitrogens is 1. The third kappa shape index (κ3) is 48.0. The van der Waals surface area contributed by atoms with E-state index in [9.17, 15) is 18.1 Å². The summed E-state index contributed by atoms with van der Waals surface area (Å²) in [5.74, 6) is 0. The molecule has 6 nitrogen and oxygen atoms in total. The van der Waals surface area contributed by atoms with E-state index in [0.717, 1.165) is 13.5 Å². The summed E-state index contributed by atoms with van der Waals surface area (Å²) in [5, 5.41) is 9.33. The Labute approximate surface area is 295 Å². The molecule has 0 aliphatic heterocycles. The molecule has 0 unspecified atom stereocenters. The fourth-order valence-corrected chi connectivity index (χ4v) is 6.55. The van der Waals surface area contributed by atoms with Crippen molar-refractivity contribution in [1.29, 1.82) is 0 Å². The van der Waals surface area contributed by atoms with Crippen molar-refractivity contribution in [2.75, 3.05) is 33.4 Å². The maximum Gasteiger partial charge on any atom is 0.217 e. The Morgan fingerprint density at radius 1 is 0.426 bits per heavy atom. The van der Waals surface area contributed by atoms with Crippen molar-refractivity contribution in [3.63, 3.8) is 0 Å². The highest BCUT2D eigenvalue weighted by molar-refractivity contribution is 7.80. The molecule has 0 bridgehead atoms. The van der Waals surface area contributed by atoms with Gasteiger partial charge in [-0.15, -0.1) is 0 Å². The van der Waals surface area contributed by atoms with E-state index in [1.807, 2.05) is 0 Å². The molecule has 0 aromatic carbocycles. The molecular formula is C40H85NO5S. The highest BCUT2D eigenvalue weighted by Crippen LogP contribution is 2.15. The molecule has 0 amide bonds. The molecular weight excluding hydrogens is 607 g/mol. The van der Waals surface area contributed by atoms with Crippen molar-refractivity contribution in [2.45, 2.75) is 226 Å². The van der Waals surface area contributed by atoms with Crippen LogP contribution >= 0.6 is 0 Å². The average molecular weight is 692 g/mol. The number of aliphatic hydroxyl groups excluding tert-OH is 1. The van der Waals surface area contributed by atoms with Crippen LogP contribution in [0.1, 0.15) is 226 Å². The van der Waals surface area contributed by atoms with Gasteiger partial charge in [0.15, 0.2) is 0 Å². The van der Waals surface area contributed by atoms with Crippen LogP contribution in [0.5, 0.6) is 0 Å². The average Bonchev–Trinajstić information content (AvgIpc) is 3.06. The fraction of sp³-hybridized carbons (Fsp3) is 1.00. The predicted octanol–water partition coefficient (Wildman–Crippen LogP) is 10.9. The van der Waals surface area contributed by atoms with Gasteiger partial charge in [0.05, 0.1) is 26.7 Å². The number of aliphatic hydroxyl groups is 1. The third-order valence-corrected chi connectivity index (χ3v) is 10.1. The zero-order valence-corrected chi connectivity index (χ0v) is 33.0. The molecule has 0 aliphatic rings. The van der Waals surface area contributed by atoms with Crippen molar-refractivity contribution in [2.24, 2.45) is 0 Å². The van der Waals surface area contributed by atoms with E-state index in [4.69, 9.17) is 0 Å². The van der Waals surface area contributed by atoms with Gasteiger partial charge in [0.2, 0.25) is 10.4 Å². The minimum Gasteiger partial charge on any atom is -0.726 e. The van der Waals surface area contributed by atoms with Crippen LogP contribution in [0.2, 0.25) is 0 Å². The summed E-state index contributed by atoms with van der Waals surface area (Å²) in [6.45, 7) is 8.81. The zero-order valence-electron chi connectivity index (χ0n) is 32.2. The van der Waals surface area contributed by atoms with Gasteiger partial charge in [-0.3, -0.25) is 4.18 Å². The molecule has 0 saturated carbocycles.